The molecule has 2 heteroatoms. The van der Waals surface area contributed by atoms with E-state index in [1.165, 1.54) is 11.6 Å². The van der Waals surface area contributed by atoms with Crippen LogP contribution in [0.3, 0.4) is 0 Å². The molecule has 1 unspecified atom stereocenters. The summed E-state index contributed by atoms with van der Waals surface area (Å²) in [7, 11) is 0. The zero-order valence-corrected chi connectivity index (χ0v) is 10.6. The van der Waals surface area contributed by atoms with E-state index in [0.717, 1.165) is 18.4 Å². The number of halogens is 1. The van der Waals surface area contributed by atoms with Gasteiger partial charge in [-0.15, -0.1) is 0 Å². The van der Waals surface area contributed by atoms with Crippen LogP contribution in [-0.4, -0.2) is 6.04 Å². The minimum absolute atomic E-state index is 0.0669. The first-order valence-corrected chi connectivity index (χ1v) is 6.19. The Morgan fingerprint density at radius 2 is 1.67 bits per heavy atom. The highest BCUT2D eigenvalue weighted by Gasteiger charge is 2.06. The Bertz CT molecular complexity index is 508. The standard InChI is InChI=1S/C16H18FN/c1-12-9-14(7-8-16(12)17)11-15(18)10-13-5-3-2-4-6-13/h2-9,15H,10-11,18H2,1H3. The van der Waals surface area contributed by atoms with E-state index in [1.807, 2.05) is 30.3 Å². The van der Waals surface area contributed by atoms with Gasteiger partial charge in [0, 0.05) is 6.04 Å². The largest absolute Gasteiger partial charge is 0.327 e. The second-order valence-electron chi connectivity index (χ2n) is 4.74. The highest BCUT2D eigenvalue weighted by Crippen LogP contribution is 2.12. The number of aryl methyl sites for hydroxylation is 1. The molecule has 94 valence electrons. The number of benzene rings is 2. The van der Waals surface area contributed by atoms with Crippen LogP contribution in [0, 0.1) is 12.7 Å². The minimum Gasteiger partial charge on any atom is -0.327 e. The Balaban J connectivity index is 1.99. The summed E-state index contributed by atoms with van der Waals surface area (Å²) >= 11 is 0. The fourth-order valence-electron chi connectivity index (χ4n) is 2.13. The summed E-state index contributed by atoms with van der Waals surface area (Å²) in [5, 5.41) is 0. The summed E-state index contributed by atoms with van der Waals surface area (Å²) in [4.78, 5) is 0. The van der Waals surface area contributed by atoms with Gasteiger partial charge in [-0.25, -0.2) is 4.39 Å². The van der Waals surface area contributed by atoms with Crippen LogP contribution < -0.4 is 5.73 Å². The Kier molecular flexibility index (Phi) is 4.11. The maximum absolute atomic E-state index is 13.2. The molecular formula is C16H18FN. The molecule has 0 fully saturated rings. The van der Waals surface area contributed by atoms with E-state index in [1.54, 1.807) is 6.92 Å². The Labute approximate surface area is 107 Å². The van der Waals surface area contributed by atoms with Crippen molar-refractivity contribution >= 4 is 0 Å². The van der Waals surface area contributed by atoms with Gasteiger partial charge in [-0.3, -0.25) is 0 Å². The molecule has 2 rings (SSSR count). The molecule has 0 aliphatic rings. The highest BCUT2D eigenvalue weighted by molar-refractivity contribution is 5.25. The van der Waals surface area contributed by atoms with Gasteiger partial charge < -0.3 is 5.73 Å². The average molecular weight is 243 g/mol. The molecule has 0 saturated heterocycles. The average Bonchev–Trinajstić information content (AvgIpc) is 2.35. The van der Waals surface area contributed by atoms with Crippen molar-refractivity contribution in [2.24, 2.45) is 5.73 Å². The fraction of sp³-hybridized carbons (Fsp3) is 0.250. The predicted molar refractivity (Wildman–Crippen MR) is 73.0 cm³/mol. The lowest BCUT2D eigenvalue weighted by Crippen LogP contribution is -2.25. The first-order valence-electron chi connectivity index (χ1n) is 6.19. The lowest BCUT2D eigenvalue weighted by molar-refractivity contribution is 0.614. The summed E-state index contributed by atoms with van der Waals surface area (Å²) in [6.45, 7) is 1.78. The van der Waals surface area contributed by atoms with Crippen molar-refractivity contribution in [1.29, 1.82) is 0 Å². The molecule has 0 aromatic heterocycles. The van der Waals surface area contributed by atoms with Gasteiger partial charge in [0.15, 0.2) is 0 Å². The van der Waals surface area contributed by atoms with Crippen molar-refractivity contribution in [3.63, 3.8) is 0 Å². The SMILES string of the molecule is Cc1cc(CC(N)Cc2ccccc2)ccc1F. The lowest BCUT2D eigenvalue weighted by atomic mass is 9.99. The summed E-state index contributed by atoms with van der Waals surface area (Å²) in [6.07, 6.45) is 1.62. The predicted octanol–water partition coefficient (Wildman–Crippen LogP) is 3.25. The molecule has 0 saturated carbocycles. The van der Waals surface area contributed by atoms with Crippen molar-refractivity contribution in [1.82, 2.24) is 0 Å². The van der Waals surface area contributed by atoms with Crippen LogP contribution in [0.15, 0.2) is 48.5 Å². The minimum atomic E-state index is -0.157. The smallest absolute Gasteiger partial charge is 0.126 e. The molecule has 0 amide bonds. The van der Waals surface area contributed by atoms with Gasteiger partial charge in [0.1, 0.15) is 5.82 Å². The fourth-order valence-corrected chi connectivity index (χ4v) is 2.13. The number of hydrogen-bond donors (Lipinski definition) is 1. The molecule has 0 heterocycles. The third-order valence-electron chi connectivity index (χ3n) is 3.06. The van der Waals surface area contributed by atoms with Gasteiger partial charge in [0.05, 0.1) is 0 Å². The van der Waals surface area contributed by atoms with Crippen molar-refractivity contribution < 1.29 is 4.39 Å². The van der Waals surface area contributed by atoms with Gasteiger partial charge in [-0.1, -0.05) is 42.5 Å². The van der Waals surface area contributed by atoms with E-state index < -0.39 is 0 Å². The Hall–Kier alpha value is -1.67. The number of hydrogen-bond acceptors (Lipinski definition) is 1. The molecule has 0 radical (unpaired) electrons. The second-order valence-corrected chi connectivity index (χ2v) is 4.74. The zero-order chi connectivity index (χ0) is 13.0. The van der Waals surface area contributed by atoms with Crippen molar-refractivity contribution in [3.8, 4) is 0 Å². The van der Waals surface area contributed by atoms with Gasteiger partial charge in [-0.2, -0.15) is 0 Å². The quantitative estimate of drug-likeness (QED) is 0.876. The zero-order valence-electron chi connectivity index (χ0n) is 10.6. The molecule has 1 atom stereocenters. The number of nitrogens with two attached hydrogens (primary N) is 1. The van der Waals surface area contributed by atoms with E-state index in [9.17, 15) is 4.39 Å². The van der Waals surface area contributed by atoms with Gasteiger partial charge in [0.2, 0.25) is 0 Å². The van der Waals surface area contributed by atoms with Gasteiger partial charge >= 0.3 is 0 Å². The van der Waals surface area contributed by atoms with E-state index in [0.29, 0.717) is 5.56 Å². The summed E-state index contributed by atoms with van der Waals surface area (Å²) < 4.78 is 13.2. The molecule has 18 heavy (non-hydrogen) atoms. The second kappa shape index (κ2) is 5.78. The maximum Gasteiger partial charge on any atom is 0.126 e. The molecule has 0 aliphatic heterocycles. The van der Waals surface area contributed by atoms with E-state index >= 15 is 0 Å². The Morgan fingerprint density at radius 1 is 1.00 bits per heavy atom. The molecular weight excluding hydrogens is 225 g/mol. The van der Waals surface area contributed by atoms with Crippen LogP contribution in [-0.2, 0) is 12.8 Å². The molecule has 2 aromatic carbocycles. The molecule has 2 aromatic rings. The summed E-state index contributed by atoms with van der Waals surface area (Å²) in [6, 6.07) is 15.5. The molecule has 0 aliphatic carbocycles. The van der Waals surface area contributed by atoms with Crippen LogP contribution in [0.5, 0.6) is 0 Å². The molecule has 0 bridgehead atoms. The lowest BCUT2D eigenvalue weighted by Gasteiger charge is -2.12. The Morgan fingerprint density at radius 3 is 2.33 bits per heavy atom. The van der Waals surface area contributed by atoms with Gasteiger partial charge in [0.25, 0.3) is 0 Å². The highest BCUT2D eigenvalue weighted by atomic mass is 19.1. The van der Waals surface area contributed by atoms with Crippen molar-refractivity contribution in [2.75, 3.05) is 0 Å². The van der Waals surface area contributed by atoms with Gasteiger partial charge in [-0.05, 0) is 42.5 Å². The maximum atomic E-state index is 13.2. The third-order valence-corrected chi connectivity index (χ3v) is 3.06. The molecule has 1 nitrogen and oxygen atoms in total. The third kappa shape index (κ3) is 3.41. The van der Waals surface area contributed by atoms with Crippen LogP contribution in [0.4, 0.5) is 4.39 Å². The molecule has 2 N–H and O–H groups in total. The first-order chi connectivity index (χ1) is 8.65. The first kappa shape index (κ1) is 12.8. The van der Waals surface area contributed by atoms with E-state index in [2.05, 4.69) is 12.1 Å². The van der Waals surface area contributed by atoms with Crippen molar-refractivity contribution in [3.05, 3.63) is 71.0 Å². The van der Waals surface area contributed by atoms with Crippen LogP contribution in [0.25, 0.3) is 0 Å². The van der Waals surface area contributed by atoms with E-state index in [4.69, 9.17) is 5.73 Å². The topological polar surface area (TPSA) is 26.0 Å². The molecule has 0 spiro atoms. The monoisotopic (exact) mass is 243 g/mol. The summed E-state index contributed by atoms with van der Waals surface area (Å²) in [5.41, 5.74) is 9.15. The number of rotatable bonds is 4. The van der Waals surface area contributed by atoms with Crippen molar-refractivity contribution in [2.45, 2.75) is 25.8 Å². The normalized spacial score (nSPS) is 12.4. The van der Waals surface area contributed by atoms with Crippen LogP contribution in [0.2, 0.25) is 0 Å². The van der Waals surface area contributed by atoms with E-state index in [-0.39, 0.29) is 11.9 Å². The summed E-state index contributed by atoms with van der Waals surface area (Å²) in [5.74, 6) is -0.157. The van der Waals surface area contributed by atoms with Crippen LogP contribution in [0.1, 0.15) is 16.7 Å². The van der Waals surface area contributed by atoms with Crippen LogP contribution >= 0.6 is 0 Å².